The van der Waals surface area contributed by atoms with Crippen molar-refractivity contribution in [2.24, 2.45) is 9.98 Å². The fourth-order valence-corrected chi connectivity index (χ4v) is 6.24. The number of nitro groups is 2. The summed E-state index contributed by atoms with van der Waals surface area (Å²) in [5.41, 5.74) is 2.82. The van der Waals surface area contributed by atoms with Gasteiger partial charge in [0.2, 0.25) is 0 Å². The van der Waals surface area contributed by atoms with Gasteiger partial charge in [0.25, 0.3) is 17.3 Å². The van der Waals surface area contributed by atoms with Crippen LogP contribution in [0.1, 0.15) is 61.6 Å². The fourth-order valence-electron chi connectivity index (χ4n) is 5.79. The number of fused-ring (bicyclic) bond motifs is 4. The van der Waals surface area contributed by atoms with Crippen LogP contribution in [0.2, 0.25) is 10.0 Å². The molecule has 13 nitrogen and oxygen atoms in total. The molecular weight excluding hydrogens is 695 g/mol. The van der Waals surface area contributed by atoms with Gasteiger partial charge in [0.1, 0.15) is 16.9 Å². The average Bonchev–Trinajstić information content (AvgIpc) is 3.40. The molecule has 1 amide bonds. The minimum absolute atomic E-state index is 0.0134. The normalized spacial score (nSPS) is 15.2. The first-order valence-corrected chi connectivity index (χ1v) is 16.4. The van der Waals surface area contributed by atoms with E-state index in [1.54, 1.807) is 50.2 Å². The van der Waals surface area contributed by atoms with Gasteiger partial charge in [-0.3, -0.25) is 39.6 Å². The van der Waals surface area contributed by atoms with Gasteiger partial charge >= 0.3 is 0 Å². The standard InChI is InChI=1S/C19H16ClN5O2.C17H14ClN3O3/c1-11-22-23-18-19(2,3)21-17(13-6-4-5-7-15(13)20)14-10-12(25(26)27)8-9-16(14)24(11)18;1-17(2)16(22)19-14-8-7-10(21(23)24)9-12(14)15(20-17)11-5-3-4-6-13(11)18/h4-10H,1-3H3;3-9H,1-2H3,(H,19,22). The Balaban J connectivity index is 0.000000177. The van der Waals surface area contributed by atoms with E-state index in [9.17, 15) is 25.0 Å². The Labute approximate surface area is 302 Å². The largest absolute Gasteiger partial charge is 0.323 e. The summed E-state index contributed by atoms with van der Waals surface area (Å²) >= 11 is 12.7. The number of benzodiazepines with no additional fused rings is 1. The topological polar surface area (TPSA) is 171 Å². The lowest BCUT2D eigenvalue weighted by Crippen LogP contribution is -2.34. The number of rotatable bonds is 4. The molecule has 4 aromatic carbocycles. The molecule has 7 rings (SSSR count). The summed E-state index contributed by atoms with van der Waals surface area (Å²) in [5.74, 6) is 1.06. The first-order valence-electron chi connectivity index (χ1n) is 15.6. The number of aromatic nitrogens is 3. The van der Waals surface area contributed by atoms with Crippen LogP contribution >= 0.6 is 23.2 Å². The molecule has 0 aliphatic carbocycles. The van der Waals surface area contributed by atoms with Gasteiger partial charge in [0.05, 0.1) is 32.6 Å². The van der Waals surface area contributed by atoms with E-state index in [1.165, 1.54) is 30.3 Å². The summed E-state index contributed by atoms with van der Waals surface area (Å²) in [6.45, 7) is 9.07. The minimum Gasteiger partial charge on any atom is -0.323 e. The summed E-state index contributed by atoms with van der Waals surface area (Å²) in [7, 11) is 0. The van der Waals surface area contributed by atoms with E-state index in [4.69, 9.17) is 28.2 Å². The van der Waals surface area contributed by atoms with Gasteiger partial charge < -0.3 is 5.32 Å². The van der Waals surface area contributed by atoms with E-state index in [1.807, 2.05) is 43.5 Å². The number of halogens is 2. The maximum atomic E-state index is 12.4. The van der Waals surface area contributed by atoms with E-state index in [-0.39, 0.29) is 17.3 Å². The molecule has 0 radical (unpaired) electrons. The number of nitrogens with one attached hydrogen (secondary N) is 1. The predicted octanol–water partition coefficient (Wildman–Crippen LogP) is 8.04. The number of carbonyl (C=O) groups excluding carboxylic acids is 1. The minimum atomic E-state index is -1.04. The molecule has 258 valence electrons. The first kappa shape index (κ1) is 35.1. The van der Waals surface area contributed by atoms with Crippen LogP contribution in [-0.4, -0.2) is 47.5 Å². The van der Waals surface area contributed by atoms with Crippen molar-refractivity contribution in [3.63, 3.8) is 0 Å². The third kappa shape index (κ3) is 6.60. The van der Waals surface area contributed by atoms with Gasteiger partial charge in [-0.15, -0.1) is 10.2 Å². The van der Waals surface area contributed by atoms with Crippen LogP contribution in [0.15, 0.2) is 94.9 Å². The number of nitro benzene ring substituents is 2. The van der Waals surface area contributed by atoms with Crippen LogP contribution < -0.4 is 5.32 Å². The zero-order valence-electron chi connectivity index (χ0n) is 28.0. The van der Waals surface area contributed by atoms with Crippen molar-refractivity contribution in [2.75, 3.05) is 5.32 Å². The summed E-state index contributed by atoms with van der Waals surface area (Å²) < 4.78 is 1.90. The molecule has 15 heteroatoms. The molecule has 5 aromatic rings. The van der Waals surface area contributed by atoms with Crippen LogP contribution in [0.5, 0.6) is 0 Å². The molecule has 0 unspecified atom stereocenters. The highest BCUT2D eigenvalue weighted by Crippen LogP contribution is 2.37. The van der Waals surface area contributed by atoms with Crippen molar-refractivity contribution < 1.29 is 14.6 Å². The molecule has 0 spiro atoms. The van der Waals surface area contributed by atoms with Gasteiger partial charge in [0.15, 0.2) is 5.82 Å². The molecule has 0 saturated carbocycles. The Hall–Kier alpha value is -5.79. The molecule has 51 heavy (non-hydrogen) atoms. The van der Waals surface area contributed by atoms with Crippen LogP contribution in [0.3, 0.4) is 0 Å². The fraction of sp³-hybridized carbons (Fsp3) is 0.194. The molecule has 1 N–H and O–H groups in total. The molecule has 0 bridgehead atoms. The quantitative estimate of drug-likeness (QED) is 0.144. The second kappa shape index (κ2) is 13.2. The Morgan fingerprint density at radius 3 is 1.76 bits per heavy atom. The molecule has 1 aromatic heterocycles. The highest BCUT2D eigenvalue weighted by atomic mass is 35.5. The average molecular weight is 726 g/mol. The highest BCUT2D eigenvalue weighted by Gasteiger charge is 2.35. The molecule has 0 saturated heterocycles. The Bertz CT molecular complexity index is 2330. The number of hydrogen-bond donors (Lipinski definition) is 1. The molecule has 2 aliphatic heterocycles. The SMILES string of the molecule is CC1(C)N=C(c2ccccc2Cl)c2cc([N+](=O)[O-])ccc2NC1=O.Cc1nnc2n1-c1ccc([N+](=O)[O-])cc1C(c1ccccc1Cl)=NC2(C)C. The number of aliphatic imine (C=N–C) groups is 2. The summed E-state index contributed by atoms with van der Waals surface area (Å²) in [4.78, 5) is 43.5. The van der Waals surface area contributed by atoms with Crippen molar-refractivity contribution in [1.82, 2.24) is 14.8 Å². The zero-order valence-corrected chi connectivity index (χ0v) is 29.5. The van der Waals surface area contributed by atoms with Crippen molar-refractivity contribution in [1.29, 1.82) is 0 Å². The number of non-ortho nitro benzene ring substituents is 2. The first-order chi connectivity index (χ1) is 24.1. The van der Waals surface area contributed by atoms with E-state index < -0.39 is 20.9 Å². The van der Waals surface area contributed by atoms with Crippen LogP contribution in [0.4, 0.5) is 17.1 Å². The lowest BCUT2D eigenvalue weighted by Gasteiger charge is -2.18. The van der Waals surface area contributed by atoms with E-state index in [2.05, 4.69) is 20.5 Å². The molecular formula is C36H30Cl2N8O5. The van der Waals surface area contributed by atoms with Crippen LogP contribution in [0, 0.1) is 27.2 Å². The Morgan fingerprint density at radius 2 is 1.20 bits per heavy atom. The zero-order chi connectivity index (χ0) is 36.8. The van der Waals surface area contributed by atoms with Crippen LogP contribution in [-0.2, 0) is 10.3 Å². The van der Waals surface area contributed by atoms with Gasteiger partial charge in [-0.2, -0.15) is 0 Å². The number of aryl methyl sites for hydroxylation is 1. The van der Waals surface area contributed by atoms with Crippen LogP contribution in [0.25, 0.3) is 5.69 Å². The molecule has 3 heterocycles. The second-order valence-electron chi connectivity index (χ2n) is 12.8. The van der Waals surface area contributed by atoms with Crippen molar-refractivity contribution in [2.45, 2.75) is 45.7 Å². The number of hydrogen-bond acceptors (Lipinski definition) is 9. The lowest BCUT2D eigenvalue weighted by molar-refractivity contribution is -0.385. The van der Waals surface area contributed by atoms with Crippen molar-refractivity contribution in [3.8, 4) is 5.69 Å². The monoisotopic (exact) mass is 724 g/mol. The van der Waals surface area contributed by atoms with Gasteiger partial charge in [-0.05, 0) is 58.9 Å². The Kier molecular flexibility index (Phi) is 9.04. The summed E-state index contributed by atoms with van der Waals surface area (Å²) in [5, 5.41) is 34.8. The van der Waals surface area contributed by atoms with E-state index in [0.29, 0.717) is 61.1 Å². The summed E-state index contributed by atoms with van der Waals surface area (Å²) in [6.07, 6.45) is 0. The van der Waals surface area contributed by atoms with E-state index in [0.717, 1.165) is 5.69 Å². The van der Waals surface area contributed by atoms with Gasteiger partial charge in [-0.25, -0.2) is 0 Å². The number of carbonyl (C=O) groups is 1. The molecule has 0 atom stereocenters. The number of nitrogens with zero attached hydrogens (tertiary/aromatic N) is 7. The smallest absolute Gasteiger partial charge is 0.270 e. The number of amides is 1. The number of anilines is 1. The second-order valence-corrected chi connectivity index (χ2v) is 13.6. The van der Waals surface area contributed by atoms with Gasteiger partial charge in [0, 0.05) is 56.6 Å². The summed E-state index contributed by atoms with van der Waals surface area (Å²) in [6, 6.07) is 23.4. The third-order valence-electron chi connectivity index (χ3n) is 8.37. The lowest BCUT2D eigenvalue weighted by atomic mass is 9.99. The van der Waals surface area contributed by atoms with Gasteiger partial charge in [-0.1, -0.05) is 59.6 Å². The van der Waals surface area contributed by atoms with E-state index >= 15 is 0 Å². The molecule has 0 fully saturated rings. The highest BCUT2D eigenvalue weighted by molar-refractivity contribution is 6.36. The molecule has 2 aliphatic rings. The predicted molar refractivity (Wildman–Crippen MR) is 196 cm³/mol. The van der Waals surface area contributed by atoms with Crippen molar-refractivity contribution in [3.05, 3.63) is 149 Å². The maximum Gasteiger partial charge on any atom is 0.270 e. The Morgan fingerprint density at radius 1 is 0.686 bits per heavy atom. The van der Waals surface area contributed by atoms with Crippen molar-refractivity contribution >= 4 is 57.6 Å². The maximum absolute atomic E-state index is 12.4. The number of benzene rings is 4. The third-order valence-corrected chi connectivity index (χ3v) is 9.03.